The predicted molar refractivity (Wildman–Crippen MR) is 147 cm³/mol. The molecule has 1 aliphatic carbocycles. The van der Waals surface area contributed by atoms with Gasteiger partial charge in [-0.1, -0.05) is 43.6 Å². The number of anilines is 1. The molecule has 0 aromatic heterocycles. The molecule has 7 nitrogen and oxygen atoms in total. The van der Waals surface area contributed by atoms with Gasteiger partial charge in [0.15, 0.2) is 0 Å². The topological polar surface area (TPSA) is 79.0 Å². The van der Waals surface area contributed by atoms with E-state index in [0.717, 1.165) is 37.7 Å². The van der Waals surface area contributed by atoms with Gasteiger partial charge in [0.2, 0.25) is 5.91 Å². The van der Waals surface area contributed by atoms with Crippen LogP contribution in [0.4, 0.5) is 14.9 Å². The molecular weight excluding hydrogens is 485 g/mol. The lowest BCUT2D eigenvalue weighted by Gasteiger charge is -2.37. The molecule has 2 atom stereocenters. The number of carbonyl (C=O) groups excluding carboxylic acids is 3. The van der Waals surface area contributed by atoms with E-state index in [4.69, 9.17) is 4.74 Å². The second-order valence-corrected chi connectivity index (χ2v) is 10.0. The van der Waals surface area contributed by atoms with E-state index in [9.17, 15) is 18.8 Å². The number of likely N-dealkylation sites (tertiary alicyclic amines) is 1. The number of nitrogens with one attached hydrogen (secondary N) is 1. The van der Waals surface area contributed by atoms with E-state index in [-0.39, 0.29) is 17.6 Å². The SMILES string of the molecule is C=CC/C=C\C(C)=C(/C)[C@@H](C(=O)NC1CCCCC1)N(C(=O)[C@@H]1CCCN1C(=O)OC)c1cccc(F)c1. The first-order valence-electron chi connectivity index (χ1n) is 13.5. The van der Waals surface area contributed by atoms with Crippen LogP contribution in [0.1, 0.15) is 65.2 Å². The van der Waals surface area contributed by atoms with E-state index in [1.54, 1.807) is 12.1 Å². The fourth-order valence-electron chi connectivity index (χ4n) is 5.27. The monoisotopic (exact) mass is 525 g/mol. The summed E-state index contributed by atoms with van der Waals surface area (Å²) in [6, 6.07) is 3.86. The highest BCUT2D eigenvalue weighted by molar-refractivity contribution is 6.05. The number of hydrogen-bond donors (Lipinski definition) is 1. The van der Waals surface area contributed by atoms with Gasteiger partial charge in [-0.2, -0.15) is 0 Å². The van der Waals surface area contributed by atoms with Gasteiger partial charge in [0, 0.05) is 18.3 Å². The van der Waals surface area contributed by atoms with Crippen LogP contribution >= 0.6 is 0 Å². The molecule has 2 fully saturated rings. The molecule has 1 heterocycles. The van der Waals surface area contributed by atoms with Crippen LogP contribution in [-0.2, 0) is 14.3 Å². The van der Waals surface area contributed by atoms with Crippen molar-refractivity contribution in [1.82, 2.24) is 10.2 Å². The molecule has 38 heavy (non-hydrogen) atoms. The maximum Gasteiger partial charge on any atom is 0.410 e. The normalized spacial score (nSPS) is 19.6. The number of allylic oxidation sites excluding steroid dienone is 4. The number of nitrogens with zero attached hydrogens (tertiary/aromatic N) is 2. The minimum absolute atomic E-state index is 0.0191. The van der Waals surface area contributed by atoms with Gasteiger partial charge in [0.05, 0.1) is 7.11 Å². The fourth-order valence-corrected chi connectivity index (χ4v) is 5.27. The molecule has 1 aliphatic heterocycles. The van der Waals surface area contributed by atoms with Gasteiger partial charge in [-0.15, -0.1) is 6.58 Å². The standard InChI is InChI=1S/C30H40FN3O4/c1-5-6-8-13-21(2)22(3)27(28(35)32-24-15-9-7-10-16-24)34(25-17-11-14-23(31)20-25)29(36)26-18-12-19-33(26)30(37)38-4/h5,8,11,13-14,17,20,24,26-27H,1,6-7,9-10,12,15-16,18-19H2,2-4H3,(H,32,35)/b13-8-,22-21+/t26-,27-/m0/s1. The third-order valence-electron chi connectivity index (χ3n) is 7.43. The van der Waals surface area contributed by atoms with Crippen molar-refractivity contribution in [2.45, 2.75) is 83.3 Å². The van der Waals surface area contributed by atoms with Gasteiger partial charge in [-0.3, -0.25) is 19.4 Å². The number of benzene rings is 1. The Morgan fingerprint density at radius 1 is 1.18 bits per heavy atom. The Morgan fingerprint density at radius 3 is 2.58 bits per heavy atom. The van der Waals surface area contributed by atoms with Gasteiger partial charge in [0.25, 0.3) is 5.91 Å². The van der Waals surface area contributed by atoms with Crippen LogP contribution in [-0.4, -0.2) is 54.6 Å². The summed E-state index contributed by atoms with van der Waals surface area (Å²) in [6.07, 6.45) is 11.7. The van der Waals surface area contributed by atoms with Gasteiger partial charge in [-0.25, -0.2) is 9.18 Å². The number of rotatable bonds is 9. The molecule has 1 saturated heterocycles. The molecule has 3 amide bonds. The Labute approximate surface area is 225 Å². The first-order chi connectivity index (χ1) is 18.3. The van der Waals surface area contributed by atoms with Crippen molar-refractivity contribution in [3.8, 4) is 0 Å². The molecule has 0 bridgehead atoms. The van der Waals surface area contributed by atoms with Crippen LogP contribution in [0, 0.1) is 5.82 Å². The van der Waals surface area contributed by atoms with E-state index in [1.807, 2.05) is 26.0 Å². The van der Waals surface area contributed by atoms with Gasteiger partial charge >= 0.3 is 6.09 Å². The summed E-state index contributed by atoms with van der Waals surface area (Å²) < 4.78 is 19.4. The Bertz CT molecular complexity index is 1080. The Hall–Kier alpha value is -3.42. The van der Waals surface area contributed by atoms with E-state index >= 15 is 0 Å². The second kappa shape index (κ2) is 13.9. The van der Waals surface area contributed by atoms with Crippen molar-refractivity contribution >= 4 is 23.6 Å². The molecule has 206 valence electrons. The molecule has 1 aromatic rings. The quantitative estimate of drug-likeness (QED) is 0.333. The van der Waals surface area contributed by atoms with Crippen LogP contribution in [0.5, 0.6) is 0 Å². The summed E-state index contributed by atoms with van der Waals surface area (Å²) >= 11 is 0. The number of methoxy groups -OCH3 is 1. The zero-order valence-electron chi connectivity index (χ0n) is 22.7. The van der Waals surface area contributed by atoms with Gasteiger partial charge in [0.1, 0.15) is 17.9 Å². The molecule has 0 spiro atoms. The number of ether oxygens (including phenoxy) is 1. The molecule has 2 aliphatic rings. The van der Waals surface area contributed by atoms with Crippen molar-refractivity contribution in [2.75, 3.05) is 18.6 Å². The number of hydrogen-bond acceptors (Lipinski definition) is 4. The molecular formula is C30H40FN3O4. The summed E-state index contributed by atoms with van der Waals surface area (Å²) in [5.41, 5.74) is 1.75. The van der Waals surface area contributed by atoms with Crippen LogP contribution in [0.3, 0.4) is 0 Å². The molecule has 0 radical (unpaired) electrons. The molecule has 8 heteroatoms. The van der Waals surface area contributed by atoms with Crippen molar-refractivity contribution < 1.29 is 23.5 Å². The minimum Gasteiger partial charge on any atom is -0.453 e. The van der Waals surface area contributed by atoms with Crippen molar-refractivity contribution in [1.29, 1.82) is 0 Å². The zero-order chi connectivity index (χ0) is 27.7. The van der Waals surface area contributed by atoms with Crippen molar-refractivity contribution in [3.05, 3.63) is 66.0 Å². The highest BCUT2D eigenvalue weighted by Gasteiger charge is 2.42. The van der Waals surface area contributed by atoms with Gasteiger partial charge < -0.3 is 10.1 Å². The molecule has 1 aromatic carbocycles. The summed E-state index contributed by atoms with van der Waals surface area (Å²) in [6.45, 7) is 7.83. The number of amides is 3. The summed E-state index contributed by atoms with van der Waals surface area (Å²) in [5.74, 6) is -1.28. The fraction of sp³-hybridized carbons (Fsp3) is 0.500. The lowest BCUT2D eigenvalue weighted by molar-refractivity contribution is -0.128. The summed E-state index contributed by atoms with van der Waals surface area (Å²) in [7, 11) is 1.28. The number of carbonyl (C=O) groups is 3. The third-order valence-corrected chi connectivity index (χ3v) is 7.43. The van der Waals surface area contributed by atoms with Crippen molar-refractivity contribution in [3.63, 3.8) is 0 Å². The Balaban J connectivity index is 2.11. The lowest BCUT2D eigenvalue weighted by atomic mass is 9.93. The maximum absolute atomic E-state index is 14.5. The molecule has 1 N–H and O–H groups in total. The maximum atomic E-state index is 14.5. The van der Waals surface area contributed by atoms with E-state index in [0.29, 0.717) is 31.4 Å². The predicted octanol–water partition coefficient (Wildman–Crippen LogP) is 5.68. The van der Waals surface area contributed by atoms with E-state index in [1.165, 1.54) is 35.1 Å². The first-order valence-corrected chi connectivity index (χ1v) is 13.5. The van der Waals surface area contributed by atoms with Crippen LogP contribution < -0.4 is 10.2 Å². The van der Waals surface area contributed by atoms with Crippen LogP contribution in [0.15, 0.2) is 60.2 Å². The van der Waals surface area contributed by atoms with Crippen molar-refractivity contribution in [2.24, 2.45) is 0 Å². The zero-order valence-corrected chi connectivity index (χ0v) is 22.7. The smallest absolute Gasteiger partial charge is 0.410 e. The first kappa shape index (κ1) is 29.1. The Kier molecular flexibility index (Phi) is 10.7. The molecule has 3 rings (SSSR count). The number of halogens is 1. The van der Waals surface area contributed by atoms with Crippen LogP contribution in [0.25, 0.3) is 0 Å². The lowest BCUT2D eigenvalue weighted by Crippen LogP contribution is -2.57. The minimum atomic E-state index is -1.03. The average molecular weight is 526 g/mol. The van der Waals surface area contributed by atoms with Gasteiger partial charge in [-0.05, 0) is 75.3 Å². The van der Waals surface area contributed by atoms with E-state index < -0.39 is 29.9 Å². The Morgan fingerprint density at radius 2 is 1.92 bits per heavy atom. The largest absolute Gasteiger partial charge is 0.453 e. The third kappa shape index (κ3) is 7.11. The highest BCUT2D eigenvalue weighted by Crippen LogP contribution is 2.30. The van der Waals surface area contributed by atoms with Crippen LogP contribution in [0.2, 0.25) is 0 Å². The average Bonchev–Trinajstić information content (AvgIpc) is 3.41. The molecule has 1 saturated carbocycles. The molecule has 0 unspecified atom stereocenters. The second-order valence-electron chi connectivity index (χ2n) is 10.0. The van der Waals surface area contributed by atoms with E-state index in [2.05, 4.69) is 11.9 Å². The highest BCUT2D eigenvalue weighted by atomic mass is 19.1. The summed E-state index contributed by atoms with van der Waals surface area (Å²) in [5, 5.41) is 3.17. The summed E-state index contributed by atoms with van der Waals surface area (Å²) in [4.78, 5) is 43.5.